The first-order valence-electron chi connectivity index (χ1n) is 6.62. The third kappa shape index (κ3) is 5.54. The van der Waals surface area contributed by atoms with Crippen LogP contribution in [-0.4, -0.2) is 20.1 Å². The number of carbonyl (C=O) groups excluding carboxylic acids is 1. The summed E-state index contributed by atoms with van der Waals surface area (Å²) < 4.78 is 24.0. The molecule has 122 valence electrons. The summed E-state index contributed by atoms with van der Waals surface area (Å²) in [6.45, 7) is 1.98. The molecule has 0 aliphatic heterocycles. The summed E-state index contributed by atoms with van der Waals surface area (Å²) in [5.41, 5.74) is 3.32. The van der Waals surface area contributed by atoms with Crippen LogP contribution in [0.4, 0.5) is 0 Å². The van der Waals surface area contributed by atoms with Gasteiger partial charge in [0.1, 0.15) is 0 Å². The van der Waals surface area contributed by atoms with Gasteiger partial charge in [-0.05, 0) is 43.3 Å². The summed E-state index contributed by atoms with van der Waals surface area (Å²) in [5.74, 6) is -0.334. The number of halogens is 1. The molecule has 5 nitrogen and oxygen atoms in total. The Hall–Kier alpha value is -1.54. The van der Waals surface area contributed by atoms with Crippen molar-refractivity contribution in [1.29, 1.82) is 0 Å². The quantitative estimate of drug-likeness (QED) is 0.605. The molecule has 0 bridgehead atoms. The van der Waals surface area contributed by atoms with Crippen LogP contribution in [-0.2, 0) is 14.8 Å². The van der Waals surface area contributed by atoms with Gasteiger partial charge in [-0.3, -0.25) is 10.2 Å². The summed E-state index contributed by atoms with van der Waals surface area (Å²) >= 11 is 7.03. The topological polar surface area (TPSA) is 75.3 Å². The van der Waals surface area contributed by atoms with Crippen molar-refractivity contribution in [3.05, 3.63) is 59.1 Å². The summed E-state index contributed by atoms with van der Waals surface area (Å²) in [7, 11) is -3.81. The first-order chi connectivity index (χ1) is 10.9. The molecule has 0 atom stereocenters. The fraction of sp³-hybridized carbons (Fsp3) is 0.133. The molecule has 2 aromatic carbocycles. The van der Waals surface area contributed by atoms with Gasteiger partial charge in [-0.2, -0.15) is 0 Å². The van der Waals surface area contributed by atoms with Crippen molar-refractivity contribution in [3.8, 4) is 0 Å². The van der Waals surface area contributed by atoms with Crippen LogP contribution >= 0.6 is 23.4 Å². The van der Waals surface area contributed by atoms with Gasteiger partial charge in [-0.15, -0.1) is 16.6 Å². The molecule has 0 radical (unpaired) electrons. The zero-order valence-corrected chi connectivity index (χ0v) is 14.6. The average molecular weight is 371 g/mol. The highest BCUT2D eigenvalue weighted by Gasteiger charge is 2.14. The molecular formula is C15H15ClN2O3S2. The van der Waals surface area contributed by atoms with E-state index in [0.717, 1.165) is 10.5 Å². The Morgan fingerprint density at radius 3 is 2.30 bits per heavy atom. The Labute approximate surface area is 144 Å². The van der Waals surface area contributed by atoms with Crippen molar-refractivity contribution in [3.63, 3.8) is 0 Å². The van der Waals surface area contributed by atoms with Gasteiger partial charge >= 0.3 is 0 Å². The van der Waals surface area contributed by atoms with Crippen LogP contribution in [0.3, 0.4) is 0 Å². The highest BCUT2D eigenvalue weighted by Crippen LogP contribution is 2.18. The molecule has 2 aromatic rings. The minimum Gasteiger partial charge on any atom is -0.277 e. The number of aryl methyl sites for hydroxylation is 1. The molecule has 2 rings (SSSR count). The summed E-state index contributed by atoms with van der Waals surface area (Å²) in [5, 5.41) is 0.433. The van der Waals surface area contributed by atoms with Crippen molar-refractivity contribution in [2.24, 2.45) is 0 Å². The molecule has 0 aliphatic rings. The van der Waals surface area contributed by atoms with Gasteiger partial charge < -0.3 is 0 Å². The maximum atomic E-state index is 12.0. The van der Waals surface area contributed by atoms with E-state index >= 15 is 0 Å². The second kappa shape index (κ2) is 7.83. The summed E-state index contributed by atoms with van der Waals surface area (Å²) in [4.78, 5) is 14.7. The lowest BCUT2D eigenvalue weighted by molar-refractivity contribution is -0.119. The number of rotatable bonds is 6. The summed E-state index contributed by atoms with van der Waals surface area (Å²) in [6.07, 6.45) is 0. The molecule has 0 saturated heterocycles. The van der Waals surface area contributed by atoms with Crippen LogP contribution in [0.5, 0.6) is 0 Å². The van der Waals surface area contributed by atoms with Crippen LogP contribution in [0.25, 0.3) is 0 Å². The minimum atomic E-state index is -3.81. The zero-order chi connectivity index (χ0) is 16.9. The van der Waals surface area contributed by atoms with E-state index in [4.69, 9.17) is 11.6 Å². The normalized spacial score (nSPS) is 11.2. The van der Waals surface area contributed by atoms with Crippen molar-refractivity contribution < 1.29 is 13.2 Å². The van der Waals surface area contributed by atoms with Gasteiger partial charge in [0.25, 0.3) is 10.0 Å². The minimum absolute atomic E-state index is 0.0217. The molecule has 8 heteroatoms. The van der Waals surface area contributed by atoms with Crippen LogP contribution < -0.4 is 10.3 Å². The number of carbonyl (C=O) groups is 1. The van der Waals surface area contributed by atoms with Crippen LogP contribution in [0.15, 0.2) is 58.3 Å². The lowest BCUT2D eigenvalue weighted by Gasteiger charge is -2.08. The van der Waals surface area contributed by atoms with Crippen molar-refractivity contribution in [1.82, 2.24) is 10.3 Å². The number of benzene rings is 2. The van der Waals surface area contributed by atoms with Crippen molar-refractivity contribution in [2.75, 3.05) is 5.75 Å². The lowest BCUT2D eigenvalue weighted by atomic mass is 10.2. The predicted octanol–water partition coefficient (Wildman–Crippen LogP) is 2.75. The molecule has 0 saturated carbocycles. The fourth-order valence-corrected chi connectivity index (χ4v) is 3.30. The van der Waals surface area contributed by atoms with Gasteiger partial charge in [0.15, 0.2) is 0 Å². The monoisotopic (exact) mass is 370 g/mol. The highest BCUT2D eigenvalue weighted by molar-refractivity contribution is 8.00. The van der Waals surface area contributed by atoms with Crippen molar-refractivity contribution in [2.45, 2.75) is 16.7 Å². The number of sulfonamides is 1. The summed E-state index contributed by atoms with van der Waals surface area (Å²) in [6, 6.07) is 13.4. The standard InChI is InChI=1S/C15H15ClN2O3S2/c1-11-2-6-13(7-3-11)22-10-15(19)17-18-23(20,21)14-8-4-12(16)5-9-14/h2-9,18H,10H2,1H3,(H,17,19). The maximum absolute atomic E-state index is 12.0. The second-order valence-corrected chi connectivity index (χ2v) is 7.88. The number of amides is 1. The molecule has 0 aromatic heterocycles. The van der Waals surface area contributed by atoms with E-state index < -0.39 is 15.9 Å². The SMILES string of the molecule is Cc1ccc(SCC(=O)NNS(=O)(=O)c2ccc(Cl)cc2)cc1. The predicted molar refractivity (Wildman–Crippen MR) is 91.8 cm³/mol. The first kappa shape index (κ1) is 17.8. The van der Waals surface area contributed by atoms with Crippen molar-refractivity contribution >= 4 is 39.3 Å². The van der Waals surface area contributed by atoms with Gasteiger partial charge in [-0.25, -0.2) is 8.42 Å². The Balaban J connectivity index is 1.86. The average Bonchev–Trinajstić information content (AvgIpc) is 2.53. The number of nitrogens with one attached hydrogen (secondary N) is 2. The van der Waals surface area contributed by atoms with Crippen LogP contribution in [0.1, 0.15) is 5.56 Å². The molecule has 0 spiro atoms. The maximum Gasteiger partial charge on any atom is 0.257 e. The Morgan fingerprint density at radius 1 is 1.09 bits per heavy atom. The fourth-order valence-electron chi connectivity index (χ4n) is 1.62. The van der Waals surface area contributed by atoms with E-state index in [0.29, 0.717) is 5.02 Å². The van der Waals surface area contributed by atoms with E-state index in [-0.39, 0.29) is 10.6 Å². The molecule has 0 aliphatic carbocycles. The number of thioether (sulfide) groups is 1. The van der Waals surface area contributed by atoms with E-state index in [1.807, 2.05) is 31.2 Å². The van der Waals surface area contributed by atoms with Crippen LogP contribution in [0.2, 0.25) is 5.02 Å². The number of hydrogen-bond acceptors (Lipinski definition) is 4. The van der Waals surface area contributed by atoms with Gasteiger partial charge in [0, 0.05) is 9.92 Å². The second-order valence-electron chi connectivity index (χ2n) is 4.71. The highest BCUT2D eigenvalue weighted by atomic mass is 35.5. The number of hydrazine groups is 1. The number of hydrogen-bond donors (Lipinski definition) is 2. The molecule has 0 fully saturated rings. The van der Waals surface area contributed by atoms with Crippen LogP contribution in [0, 0.1) is 6.92 Å². The van der Waals surface area contributed by atoms with Gasteiger partial charge in [0.05, 0.1) is 10.6 Å². The Morgan fingerprint density at radius 2 is 1.70 bits per heavy atom. The first-order valence-corrected chi connectivity index (χ1v) is 9.47. The van der Waals surface area contributed by atoms with E-state index in [1.54, 1.807) is 0 Å². The van der Waals surface area contributed by atoms with E-state index in [9.17, 15) is 13.2 Å². The smallest absolute Gasteiger partial charge is 0.257 e. The largest absolute Gasteiger partial charge is 0.277 e. The molecule has 0 heterocycles. The van der Waals surface area contributed by atoms with E-state index in [2.05, 4.69) is 10.3 Å². The van der Waals surface area contributed by atoms with Gasteiger partial charge in [-0.1, -0.05) is 29.3 Å². The zero-order valence-electron chi connectivity index (χ0n) is 12.2. The molecular weight excluding hydrogens is 356 g/mol. The van der Waals surface area contributed by atoms with E-state index in [1.165, 1.54) is 36.0 Å². The van der Waals surface area contributed by atoms with Gasteiger partial charge in [0.2, 0.25) is 5.91 Å². The molecule has 23 heavy (non-hydrogen) atoms. The third-order valence-corrected chi connectivity index (χ3v) is 5.37. The molecule has 1 amide bonds. The Bertz CT molecular complexity index is 775. The third-order valence-electron chi connectivity index (χ3n) is 2.84. The molecule has 2 N–H and O–H groups in total. The Kier molecular flexibility index (Phi) is 6.06. The molecule has 0 unspecified atom stereocenters. The lowest BCUT2D eigenvalue weighted by Crippen LogP contribution is -2.42.